The summed E-state index contributed by atoms with van der Waals surface area (Å²) in [7, 11) is 1.81. The van der Waals surface area contributed by atoms with Gasteiger partial charge < -0.3 is 4.90 Å². The second-order valence-electron chi connectivity index (χ2n) is 4.18. The number of benzene rings is 1. The molecule has 100 valence electrons. The molecular weight excluding hydrogens is 346 g/mol. The third kappa shape index (κ3) is 3.81. The molecule has 0 aliphatic rings. The van der Waals surface area contributed by atoms with E-state index in [9.17, 15) is 4.79 Å². The van der Waals surface area contributed by atoms with Crippen LogP contribution in [0.2, 0.25) is 5.02 Å². The predicted octanol–water partition coefficient (Wildman–Crippen LogP) is 4.48. The molecule has 1 heterocycles. The lowest BCUT2D eigenvalue weighted by Crippen LogP contribution is -2.29. The average molecular weight is 359 g/mol. The number of nitrogens with zero attached hydrogens (tertiary/aromatic N) is 1. The van der Waals surface area contributed by atoms with Crippen LogP contribution in [0.4, 0.5) is 0 Å². The lowest BCUT2D eigenvalue weighted by molar-refractivity contribution is 0.0796. The van der Waals surface area contributed by atoms with E-state index in [1.54, 1.807) is 34.4 Å². The number of rotatable bonds is 4. The molecule has 0 saturated heterocycles. The third-order valence-corrected chi connectivity index (χ3v) is 4.64. The molecule has 1 aromatic carbocycles. The Morgan fingerprint density at radius 1 is 1.42 bits per heavy atom. The van der Waals surface area contributed by atoms with Crippen molar-refractivity contribution in [1.82, 2.24) is 4.90 Å². The number of halogens is 2. The summed E-state index contributed by atoms with van der Waals surface area (Å²) in [4.78, 5) is 15.3. The Balaban J connectivity index is 2.04. The van der Waals surface area contributed by atoms with Crippen molar-refractivity contribution in [3.05, 3.63) is 55.6 Å². The van der Waals surface area contributed by atoms with Gasteiger partial charge >= 0.3 is 0 Å². The van der Waals surface area contributed by atoms with Crippen molar-refractivity contribution in [2.24, 2.45) is 0 Å². The number of hydrogen-bond donors (Lipinski definition) is 0. The van der Waals surface area contributed by atoms with Gasteiger partial charge in [-0.3, -0.25) is 4.79 Å². The molecule has 0 atom stereocenters. The maximum absolute atomic E-state index is 12.3. The van der Waals surface area contributed by atoms with Crippen LogP contribution in [0.5, 0.6) is 0 Å². The van der Waals surface area contributed by atoms with Crippen LogP contribution in [0.25, 0.3) is 0 Å². The Labute approximate surface area is 130 Å². The molecule has 2 nitrogen and oxygen atoms in total. The van der Waals surface area contributed by atoms with E-state index in [0.717, 1.165) is 10.9 Å². The number of hydrogen-bond acceptors (Lipinski definition) is 2. The number of likely N-dealkylation sites (N-methyl/N-ethyl adjacent to an activating group) is 1. The lowest BCUT2D eigenvalue weighted by Gasteiger charge is -2.17. The van der Waals surface area contributed by atoms with Crippen molar-refractivity contribution >= 4 is 44.8 Å². The second-order valence-corrected chi connectivity index (χ2v) is 6.50. The van der Waals surface area contributed by atoms with Crippen LogP contribution in [0, 0.1) is 0 Å². The summed E-state index contributed by atoms with van der Waals surface area (Å²) < 4.78 is 0.768. The zero-order valence-electron chi connectivity index (χ0n) is 10.4. The molecule has 2 rings (SSSR count). The maximum atomic E-state index is 12.3. The molecular formula is C14H13BrClNOS. The van der Waals surface area contributed by atoms with Crippen LogP contribution in [0.3, 0.4) is 0 Å². The summed E-state index contributed by atoms with van der Waals surface area (Å²) in [6.45, 7) is 0.693. The minimum absolute atomic E-state index is 0.0223. The molecule has 0 saturated carbocycles. The van der Waals surface area contributed by atoms with Gasteiger partial charge in [0.1, 0.15) is 0 Å². The molecule has 0 N–H and O–H groups in total. The normalized spacial score (nSPS) is 10.5. The fourth-order valence-electron chi connectivity index (χ4n) is 1.70. The van der Waals surface area contributed by atoms with E-state index in [1.165, 1.54) is 4.88 Å². The Kier molecular flexibility index (Phi) is 5.02. The van der Waals surface area contributed by atoms with Crippen molar-refractivity contribution in [2.45, 2.75) is 6.42 Å². The topological polar surface area (TPSA) is 20.3 Å². The summed E-state index contributed by atoms with van der Waals surface area (Å²) in [5.41, 5.74) is 0.598. The Morgan fingerprint density at radius 2 is 2.21 bits per heavy atom. The van der Waals surface area contributed by atoms with E-state index in [4.69, 9.17) is 11.6 Å². The second kappa shape index (κ2) is 6.55. The Hall–Kier alpha value is -0.840. The first kappa shape index (κ1) is 14.6. The van der Waals surface area contributed by atoms with E-state index in [2.05, 4.69) is 22.0 Å². The predicted molar refractivity (Wildman–Crippen MR) is 84.1 cm³/mol. The number of amides is 1. The molecule has 19 heavy (non-hydrogen) atoms. The van der Waals surface area contributed by atoms with Gasteiger partial charge in [-0.1, -0.05) is 17.7 Å². The fourth-order valence-corrected chi connectivity index (χ4v) is 2.99. The summed E-state index contributed by atoms with van der Waals surface area (Å²) >= 11 is 11.0. The summed E-state index contributed by atoms with van der Waals surface area (Å²) in [5, 5.41) is 2.61. The van der Waals surface area contributed by atoms with Gasteiger partial charge in [-0.15, -0.1) is 11.3 Å². The average Bonchev–Trinajstić information content (AvgIpc) is 2.91. The van der Waals surface area contributed by atoms with E-state index in [1.807, 2.05) is 18.5 Å². The van der Waals surface area contributed by atoms with Gasteiger partial charge in [-0.2, -0.15) is 0 Å². The fraction of sp³-hybridized carbons (Fsp3) is 0.214. The molecule has 0 fully saturated rings. The van der Waals surface area contributed by atoms with Crippen LogP contribution < -0.4 is 0 Å². The van der Waals surface area contributed by atoms with Crippen molar-refractivity contribution in [3.63, 3.8) is 0 Å². The van der Waals surface area contributed by atoms with Crippen LogP contribution in [-0.2, 0) is 6.42 Å². The van der Waals surface area contributed by atoms with Gasteiger partial charge in [0.25, 0.3) is 5.91 Å². The molecule has 5 heteroatoms. The molecule has 2 aromatic rings. The summed E-state index contributed by atoms with van der Waals surface area (Å²) in [5.74, 6) is -0.0223. The molecule has 0 spiro atoms. The highest BCUT2D eigenvalue weighted by Gasteiger charge is 2.15. The van der Waals surface area contributed by atoms with Gasteiger partial charge in [0.15, 0.2) is 0 Å². The molecule has 0 aliphatic carbocycles. The maximum Gasteiger partial charge on any atom is 0.254 e. The highest BCUT2D eigenvalue weighted by Crippen LogP contribution is 2.22. The quantitative estimate of drug-likeness (QED) is 0.789. The van der Waals surface area contributed by atoms with Crippen LogP contribution in [0.15, 0.2) is 40.2 Å². The van der Waals surface area contributed by atoms with Gasteiger partial charge in [-0.05, 0) is 52.0 Å². The molecule has 0 unspecified atom stereocenters. The number of carbonyl (C=O) groups excluding carboxylic acids is 1. The number of thiophene rings is 1. The molecule has 0 bridgehead atoms. The minimum atomic E-state index is -0.0223. The van der Waals surface area contributed by atoms with E-state index < -0.39 is 0 Å². The smallest absolute Gasteiger partial charge is 0.254 e. The van der Waals surface area contributed by atoms with E-state index in [0.29, 0.717) is 17.1 Å². The minimum Gasteiger partial charge on any atom is -0.341 e. The van der Waals surface area contributed by atoms with Crippen molar-refractivity contribution in [1.29, 1.82) is 0 Å². The number of carbonyl (C=O) groups is 1. The van der Waals surface area contributed by atoms with Crippen molar-refractivity contribution in [3.8, 4) is 0 Å². The first-order valence-corrected chi connectivity index (χ1v) is 7.86. The monoisotopic (exact) mass is 357 g/mol. The first-order valence-electron chi connectivity index (χ1n) is 5.81. The lowest BCUT2D eigenvalue weighted by atomic mass is 10.2. The van der Waals surface area contributed by atoms with Crippen LogP contribution >= 0.6 is 38.9 Å². The molecule has 1 amide bonds. The van der Waals surface area contributed by atoms with Gasteiger partial charge in [-0.25, -0.2) is 0 Å². The highest BCUT2D eigenvalue weighted by molar-refractivity contribution is 9.10. The van der Waals surface area contributed by atoms with E-state index in [-0.39, 0.29) is 5.91 Å². The zero-order valence-corrected chi connectivity index (χ0v) is 13.6. The summed E-state index contributed by atoms with van der Waals surface area (Å²) in [6, 6.07) is 9.35. The van der Waals surface area contributed by atoms with E-state index >= 15 is 0 Å². The Bertz CT molecular complexity index is 571. The van der Waals surface area contributed by atoms with Gasteiger partial charge in [0.2, 0.25) is 0 Å². The molecule has 1 aromatic heterocycles. The van der Waals surface area contributed by atoms with Crippen molar-refractivity contribution < 1.29 is 4.79 Å². The first-order chi connectivity index (χ1) is 9.08. The zero-order chi connectivity index (χ0) is 13.8. The largest absolute Gasteiger partial charge is 0.341 e. The summed E-state index contributed by atoms with van der Waals surface area (Å²) in [6.07, 6.45) is 0.873. The van der Waals surface area contributed by atoms with Gasteiger partial charge in [0, 0.05) is 28.0 Å². The molecule has 0 aliphatic heterocycles. The van der Waals surface area contributed by atoms with Crippen LogP contribution in [0.1, 0.15) is 15.2 Å². The molecule has 0 radical (unpaired) electrons. The van der Waals surface area contributed by atoms with Crippen molar-refractivity contribution in [2.75, 3.05) is 13.6 Å². The SMILES string of the molecule is CN(CCc1cccs1)C(=O)c1cc(Cl)ccc1Br. The standard InChI is InChI=1S/C14H13BrClNOS/c1-17(7-6-11-3-2-8-19-11)14(18)12-9-10(16)4-5-13(12)15/h2-5,8-9H,6-7H2,1H3. The van der Waals surface area contributed by atoms with Gasteiger partial charge in [0.05, 0.1) is 5.56 Å². The highest BCUT2D eigenvalue weighted by atomic mass is 79.9. The third-order valence-electron chi connectivity index (χ3n) is 2.78. The van der Waals surface area contributed by atoms with Crippen LogP contribution in [-0.4, -0.2) is 24.4 Å². The Morgan fingerprint density at radius 3 is 2.89 bits per heavy atom.